The first kappa shape index (κ1) is 13.8. The highest BCUT2D eigenvalue weighted by Crippen LogP contribution is 2.25. The van der Waals surface area contributed by atoms with Gasteiger partial charge >= 0.3 is 6.01 Å². The predicted octanol–water partition coefficient (Wildman–Crippen LogP) is 2.62. The summed E-state index contributed by atoms with van der Waals surface area (Å²) in [5.74, 6) is -1.14. The van der Waals surface area contributed by atoms with E-state index in [1.165, 1.54) is 13.2 Å². The van der Waals surface area contributed by atoms with Gasteiger partial charge in [-0.15, -0.1) is 5.10 Å². The zero-order valence-electron chi connectivity index (χ0n) is 9.50. The molecule has 0 spiro atoms. The second kappa shape index (κ2) is 5.54. The third-order valence-electron chi connectivity index (χ3n) is 2.12. The molecule has 0 aliphatic heterocycles. The first-order valence-electron chi connectivity index (χ1n) is 4.93. The molecule has 100 valence electrons. The molecule has 6 nitrogen and oxygen atoms in total. The van der Waals surface area contributed by atoms with Crippen LogP contribution in [0.4, 0.5) is 10.3 Å². The van der Waals surface area contributed by atoms with Gasteiger partial charge in [0.05, 0.1) is 17.1 Å². The third-order valence-corrected chi connectivity index (χ3v) is 3.14. The molecular weight excluding hydrogens is 342 g/mol. The Balaban J connectivity index is 2.25. The van der Waals surface area contributed by atoms with E-state index in [9.17, 15) is 9.18 Å². The highest BCUT2D eigenvalue weighted by atomic mass is 79.9. The lowest BCUT2D eigenvalue weighted by Gasteiger charge is -2.05. The van der Waals surface area contributed by atoms with E-state index in [1.807, 2.05) is 0 Å². The average Bonchev–Trinajstić information content (AvgIpc) is 2.81. The number of carbonyl (C=O) groups excluding carboxylic acids is 1. The molecule has 0 saturated carbocycles. The number of hydrogen-bond donors (Lipinski definition) is 2. The fourth-order valence-electron chi connectivity index (χ4n) is 1.29. The number of rotatable bonds is 3. The molecule has 0 unspecified atom stereocenters. The molecule has 19 heavy (non-hydrogen) atoms. The third kappa shape index (κ3) is 3.02. The molecule has 0 bridgehead atoms. The van der Waals surface area contributed by atoms with Crippen molar-refractivity contribution in [2.45, 2.75) is 0 Å². The number of carbonyl (C=O) groups is 1. The van der Waals surface area contributed by atoms with Crippen molar-refractivity contribution in [1.29, 1.82) is 0 Å². The lowest BCUT2D eigenvalue weighted by molar-refractivity contribution is 0.102. The van der Waals surface area contributed by atoms with Crippen LogP contribution in [0.2, 0.25) is 5.02 Å². The summed E-state index contributed by atoms with van der Waals surface area (Å²) < 4.78 is 18.2. The number of methoxy groups -OCH3 is 1. The summed E-state index contributed by atoms with van der Waals surface area (Å²) in [6.45, 7) is 0. The molecule has 2 rings (SSSR count). The topological polar surface area (TPSA) is 79.9 Å². The Hall–Kier alpha value is -1.67. The highest BCUT2D eigenvalue weighted by molar-refractivity contribution is 9.10. The van der Waals surface area contributed by atoms with Crippen molar-refractivity contribution in [1.82, 2.24) is 15.2 Å². The van der Waals surface area contributed by atoms with Crippen LogP contribution in [-0.4, -0.2) is 28.2 Å². The molecular formula is C10H7BrClFN4O2. The number of aromatic amines is 1. The molecule has 0 atom stereocenters. The first-order chi connectivity index (χ1) is 9.01. The van der Waals surface area contributed by atoms with Crippen LogP contribution in [0, 0.1) is 5.82 Å². The van der Waals surface area contributed by atoms with Gasteiger partial charge in [0.1, 0.15) is 5.82 Å². The molecule has 1 heterocycles. The number of H-pyrrole nitrogens is 1. The number of aromatic nitrogens is 3. The molecule has 0 saturated heterocycles. The molecule has 9 heteroatoms. The number of amides is 1. The summed E-state index contributed by atoms with van der Waals surface area (Å²) in [5, 5.41) is 8.62. The lowest BCUT2D eigenvalue weighted by Crippen LogP contribution is -2.14. The van der Waals surface area contributed by atoms with Gasteiger partial charge in [-0.25, -0.2) is 9.49 Å². The standard InChI is InChI=1S/C10H7BrClFN4O2/c1-19-10-15-9(16-17-10)14-8(18)5-2-4(12)3-6(13)7(5)11/h2-3H,1H3,(H2,14,15,16,17,18). The van der Waals surface area contributed by atoms with Gasteiger partial charge in [-0.3, -0.25) is 10.1 Å². The van der Waals surface area contributed by atoms with Gasteiger partial charge in [0.2, 0.25) is 5.95 Å². The fraction of sp³-hybridized carbons (Fsp3) is 0.100. The zero-order valence-corrected chi connectivity index (χ0v) is 11.8. The van der Waals surface area contributed by atoms with Gasteiger partial charge in [0.15, 0.2) is 0 Å². The van der Waals surface area contributed by atoms with Crippen LogP contribution < -0.4 is 10.1 Å². The van der Waals surface area contributed by atoms with E-state index in [0.717, 1.165) is 6.07 Å². The lowest BCUT2D eigenvalue weighted by atomic mass is 10.2. The van der Waals surface area contributed by atoms with E-state index < -0.39 is 11.7 Å². The quantitative estimate of drug-likeness (QED) is 0.835. The molecule has 2 N–H and O–H groups in total. The monoisotopic (exact) mass is 348 g/mol. The van der Waals surface area contributed by atoms with Crippen molar-refractivity contribution in [3.05, 3.63) is 33.0 Å². The van der Waals surface area contributed by atoms with Crippen molar-refractivity contribution >= 4 is 39.4 Å². The SMILES string of the molecule is COc1n[nH]c(NC(=O)c2cc(Cl)cc(F)c2Br)n1. The minimum absolute atomic E-state index is 0.0147. The van der Waals surface area contributed by atoms with Crippen molar-refractivity contribution in [3.63, 3.8) is 0 Å². The van der Waals surface area contributed by atoms with Gasteiger partial charge in [0, 0.05) is 5.02 Å². The predicted molar refractivity (Wildman–Crippen MR) is 70.0 cm³/mol. The maximum absolute atomic E-state index is 13.4. The molecule has 2 aromatic rings. The average molecular weight is 350 g/mol. The number of anilines is 1. The Bertz CT molecular complexity index is 634. The Kier molecular flexibility index (Phi) is 4.01. The number of halogens is 3. The Morgan fingerprint density at radius 2 is 2.32 bits per heavy atom. The van der Waals surface area contributed by atoms with Crippen LogP contribution in [-0.2, 0) is 0 Å². The number of ether oxygens (including phenoxy) is 1. The second-order valence-corrected chi connectivity index (χ2v) is 4.60. The summed E-state index contributed by atoms with van der Waals surface area (Å²) in [5.41, 5.74) is 0.0420. The zero-order chi connectivity index (χ0) is 14.0. The van der Waals surface area contributed by atoms with E-state index in [1.54, 1.807) is 0 Å². The summed E-state index contributed by atoms with van der Waals surface area (Å²) >= 11 is 8.68. The van der Waals surface area contributed by atoms with Gasteiger partial charge in [-0.05, 0) is 28.1 Å². The smallest absolute Gasteiger partial charge is 0.336 e. The molecule has 1 amide bonds. The van der Waals surface area contributed by atoms with E-state index in [-0.39, 0.29) is 27.0 Å². The van der Waals surface area contributed by atoms with Gasteiger partial charge in [-0.1, -0.05) is 11.6 Å². The van der Waals surface area contributed by atoms with Crippen LogP contribution in [0.25, 0.3) is 0 Å². The number of nitrogens with zero attached hydrogens (tertiary/aromatic N) is 2. The van der Waals surface area contributed by atoms with Crippen LogP contribution in [0.5, 0.6) is 6.01 Å². The van der Waals surface area contributed by atoms with Crippen molar-refractivity contribution < 1.29 is 13.9 Å². The fourth-order valence-corrected chi connectivity index (χ4v) is 1.90. The number of benzene rings is 1. The molecule has 0 fully saturated rings. The Morgan fingerprint density at radius 1 is 1.58 bits per heavy atom. The summed E-state index contributed by atoms with van der Waals surface area (Å²) in [6, 6.07) is 2.50. The largest absolute Gasteiger partial charge is 0.466 e. The number of hydrogen-bond acceptors (Lipinski definition) is 4. The second-order valence-electron chi connectivity index (χ2n) is 3.37. The van der Waals surface area contributed by atoms with Crippen LogP contribution in [0.3, 0.4) is 0 Å². The molecule has 0 aliphatic rings. The van der Waals surface area contributed by atoms with Crippen molar-refractivity contribution in [2.24, 2.45) is 0 Å². The van der Waals surface area contributed by atoms with Gasteiger partial charge in [-0.2, -0.15) is 4.98 Å². The Morgan fingerprint density at radius 3 is 2.95 bits per heavy atom. The van der Waals surface area contributed by atoms with E-state index in [4.69, 9.17) is 16.3 Å². The maximum Gasteiger partial charge on any atom is 0.336 e. The number of nitrogens with one attached hydrogen (secondary N) is 2. The van der Waals surface area contributed by atoms with E-state index in [0.29, 0.717) is 0 Å². The maximum atomic E-state index is 13.4. The van der Waals surface area contributed by atoms with Crippen LogP contribution in [0.1, 0.15) is 10.4 Å². The molecule has 0 aliphatic carbocycles. The van der Waals surface area contributed by atoms with Gasteiger partial charge < -0.3 is 4.74 Å². The summed E-state index contributed by atoms with van der Waals surface area (Å²) in [6.07, 6.45) is 0. The normalized spacial score (nSPS) is 10.3. The Labute approximate surface area is 120 Å². The van der Waals surface area contributed by atoms with Crippen molar-refractivity contribution in [3.8, 4) is 6.01 Å². The van der Waals surface area contributed by atoms with E-state index in [2.05, 4.69) is 36.4 Å². The molecule has 1 aromatic carbocycles. The summed E-state index contributed by atoms with van der Waals surface area (Å²) in [4.78, 5) is 15.7. The van der Waals surface area contributed by atoms with Gasteiger partial charge in [0.25, 0.3) is 5.91 Å². The highest BCUT2D eigenvalue weighted by Gasteiger charge is 2.16. The minimum atomic E-state index is -0.632. The first-order valence-corrected chi connectivity index (χ1v) is 6.10. The van der Waals surface area contributed by atoms with Crippen LogP contribution >= 0.6 is 27.5 Å². The van der Waals surface area contributed by atoms with E-state index >= 15 is 0 Å². The molecule has 1 aromatic heterocycles. The molecule has 0 radical (unpaired) electrons. The van der Waals surface area contributed by atoms with Crippen LogP contribution in [0.15, 0.2) is 16.6 Å². The minimum Gasteiger partial charge on any atom is -0.466 e. The summed E-state index contributed by atoms with van der Waals surface area (Å²) in [7, 11) is 1.39. The van der Waals surface area contributed by atoms with Crippen molar-refractivity contribution in [2.75, 3.05) is 12.4 Å².